The Labute approximate surface area is 134 Å². The third kappa shape index (κ3) is 4.44. The molecule has 0 aliphatic rings. The summed E-state index contributed by atoms with van der Waals surface area (Å²) in [6.07, 6.45) is 1.56. The molecule has 0 saturated heterocycles. The maximum atomic E-state index is 12.1. The Morgan fingerprint density at radius 2 is 1.91 bits per heavy atom. The molecule has 2 aromatic rings. The van der Waals surface area contributed by atoms with Crippen molar-refractivity contribution in [2.24, 2.45) is 0 Å². The van der Waals surface area contributed by atoms with Crippen LogP contribution in [0.5, 0.6) is 0 Å². The van der Waals surface area contributed by atoms with Gasteiger partial charge in [-0.05, 0) is 50.2 Å². The Morgan fingerprint density at radius 1 is 1.23 bits per heavy atom. The number of aliphatic hydroxyl groups is 1. The molecule has 0 unspecified atom stereocenters. The van der Waals surface area contributed by atoms with Crippen LogP contribution >= 0.6 is 11.6 Å². The Kier molecular flexibility index (Phi) is 5.00. The van der Waals surface area contributed by atoms with Crippen molar-refractivity contribution in [3.63, 3.8) is 0 Å². The molecular formula is C16H18ClN3O2. The largest absolute Gasteiger partial charge is 0.394 e. The molecule has 1 aromatic heterocycles. The van der Waals surface area contributed by atoms with Gasteiger partial charge in [0.1, 0.15) is 5.82 Å². The molecule has 22 heavy (non-hydrogen) atoms. The normalized spacial score (nSPS) is 11.1. The molecule has 0 fully saturated rings. The van der Waals surface area contributed by atoms with Gasteiger partial charge in [-0.3, -0.25) is 4.79 Å². The zero-order valence-electron chi connectivity index (χ0n) is 12.4. The summed E-state index contributed by atoms with van der Waals surface area (Å²) >= 11 is 5.79. The number of carbonyl (C=O) groups excluding carboxylic acids is 1. The van der Waals surface area contributed by atoms with Gasteiger partial charge in [-0.2, -0.15) is 0 Å². The molecule has 0 aliphatic carbocycles. The van der Waals surface area contributed by atoms with Crippen molar-refractivity contribution in [2.75, 3.05) is 17.2 Å². The first-order valence-electron chi connectivity index (χ1n) is 6.82. The van der Waals surface area contributed by atoms with E-state index in [-0.39, 0.29) is 12.5 Å². The van der Waals surface area contributed by atoms with Gasteiger partial charge in [0.2, 0.25) is 0 Å². The minimum atomic E-state index is -0.457. The first-order chi connectivity index (χ1) is 10.4. The summed E-state index contributed by atoms with van der Waals surface area (Å²) in [5.41, 5.74) is 0.654. The summed E-state index contributed by atoms with van der Waals surface area (Å²) in [6, 6.07) is 10.1. The lowest BCUT2D eigenvalue weighted by Crippen LogP contribution is -2.35. The predicted octanol–water partition coefficient (Wildman–Crippen LogP) is 3.17. The third-order valence-electron chi connectivity index (χ3n) is 2.99. The highest BCUT2D eigenvalue weighted by Gasteiger charge is 2.16. The predicted molar refractivity (Wildman–Crippen MR) is 88.4 cm³/mol. The first-order valence-corrected chi connectivity index (χ1v) is 7.19. The van der Waals surface area contributed by atoms with Crippen LogP contribution in [0.1, 0.15) is 24.2 Å². The third-order valence-corrected chi connectivity index (χ3v) is 3.24. The molecule has 0 saturated carbocycles. The van der Waals surface area contributed by atoms with Gasteiger partial charge in [-0.15, -0.1) is 0 Å². The summed E-state index contributed by atoms with van der Waals surface area (Å²) in [5, 5.41) is 15.7. The number of pyridine rings is 1. The molecule has 6 heteroatoms. The zero-order chi connectivity index (χ0) is 16.2. The van der Waals surface area contributed by atoms with E-state index < -0.39 is 5.54 Å². The standard InChI is InChI=1S/C16H18ClN3O2/c1-16(2,10-21)20-14-8-7-13(9-18-14)19-15(22)11-3-5-12(17)6-4-11/h3-9,21H,10H2,1-2H3,(H,18,20)(H,19,22). The Bertz CT molecular complexity index is 639. The molecule has 0 spiro atoms. The lowest BCUT2D eigenvalue weighted by molar-refractivity contribution is 0.102. The summed E-state index contributed by atoms with van der Waals surface area (Å²) < 4.78 is 0. The maximum absolute atomic E-state index is 12.1. The number of halogens is 1. The monoisotopic (exact) mass is 319 g/mol. The molecule has 2 rings (SSSR count). The number of nitrogens with zero attached hydrogens (tertiary/aromatic N) is 1. The molecule has 1 aromatic carbocycles. The van der Waals surface area contributed by atoms with Crippen molar-refractivity contribution in [3.8, 4) is 0 Å². The van der Waals surface area contributed by atoms with E-state index in [0.717, 1.165) is 0 Å². The molecule has 3 N–H and O–H groups in total. The topological polar surface area (TPSA) is 74.2 Å². The molecule has 5 nitrogen and oxygen atoms in total. The number of amides is 1. The SMILES string of the molecule is CC(C)(CO)Nc1ccc(NC(=O)c2ccc(Cl)cc2)cn1. The van der Waals surface area contributed by atoms with Crippen LogP contribution < -0.4 is 10.6 Å². The number of hydrogen-bond acceptors (Lipinski definition) is 4. The summed E-state index contributed by atoms with van der Waals surface area (Å²) in [5.74, 6) is 0.401. The van der Waals surface area contributed by atoms with Gasteiger partial charge in [-0.1, -0.05) is 11.6 Å². The van der Waals surface area contributed by atoms with Gasteiger partial charge in [-0.25, -0.2) is 4.98 Å². The van der Waals surface area contributed by atoms with Crippen LogP contribution in [0.15, 0.2) is 42.6 Å². The van der Waals surface area contributed by atoms with E-state index in [1.165, 1.54) is 0 Å². The van der Waals surface area contributed by atoms with Crippen LogP contribution in [0.2, 0.25) is 5.02 Å². The molecule has 116 valence electrons. The van der Waals surface area contributed by atoms with E-state index in [4.69, 9.17) is 11.6 Å². The highest BCUT2D eigenvalue weighted by atomic mass is 35.5. The van der Waals surface area contributed by atoms with Gasteiger partial charge in [0, 0.05) is 10.6 Å². The summed E-state index contributed by atoms with van der Waals surface area (Å²) in [4.78, 5) is 16.3. The van der Waals surface area contributed by atoms with Crippen molar-refractivity contribution in [1.29, 1.82) is 0 Å². The second-order valence-electron chi connectivity index (χ2n) is 5.56. The minimum Gasteiger partial charge on any atom is -0.394 e. The molecule has 0 aliphatic heterocycles. The van der Waals surface area contributed by atoms with Crippen LogP contribution in [0, 0.1) is 0 Å². The van der Waals surface area contributed by atoms with Crippen LogP contribution in [-0.2, 0) is 0 Å². The summed E-state index contributed by atoms with van der Waals surface area (Å²) in [7, 11) is 0. The number of carbonyl (C=O) groups is 1. The molecule has 1 amide bonds. The first kappa shape index (κ1) is 16.3. The fourth-order valence-corrected chi connectivity index (χ4v) is 1.86. The molecular weight excluding hydrogens is 302 g/mol. The number of aromatic nitrogens is 1. The van der Waals surface area contributed by atoms with Crippen molar-refractivity contribution in [3.05, 3.63) is 53.2 Å². The van der Waals surface area contributed by atoms with Crippen LogP contribution in [0.4, 0.5) is 11.5 Å². The van der Waals surface area contributed by atoms with E-state index in [0.29, 0.717) is 22.1 Å². The number of anilines is 2. The quantitative estimate of drug-likeness (QED) is 0.791. The van der Waals surface area contributed by atoms with Crippen LogP contribution in [0.25, 0.3) is 0 Å². The Balaban J connectivity index is 2.02. The number of aliphatic hydroxyl groups excluding tert-OH is 1. The highest BCUT2D eigenvalue weighted by molar-refractivity contribution is 6.30. The highest BCUT2D eigenvalue weighted by Crippen LogP contribution is 2.16. The van der Waals surface area contributed by atoms with Gasteiger partial charge in [0.25, 0.3) is 5.91 Å². The van der Waals surface area contributed by atoms with Gasteiger partial charge >= 0.3 is 0 Å². The van der Waals surface area contributed by atoms with Crippen LogP contribution in [-0.4, -0.2) is 28.1 Å². The Morgan fingerprint density at radius 3 is 2.45 bits per heavy atom. The fourth-order valence-electron chi connectivity index (χ4n) is 1.73. The average Bonchev–Trinajstić information content (AvgIpc) is 2.49. The zero-order valence-corrected chi connectivity index (χ0v) is 13.2. The number of benzene rings is 1. The Hall–Kier alpha value is -2.11. The van der Waals surface area contributed by atoms with Crippen molar-refractivity contribution >= 4 is 29.0 Å². The van der Waals surface area contributed by atoms with E-state index in [9.17, 15) is 9.90 Å². The number of nitrogens with one attached hydrogen (secondary N) is 2. The number of rotatable bonds is 5. The maximum Gasteiger partial charge on any atom is 0.255 e. The van der Waals surface area contributed by atoms with E-state index in [1.54, 1.807) is 42.6 Å². The van der Waals surface area contributed by atoms with Crippen molar-refractivity contribution in [1.82, 2.24) is 4.98 Å². The van der Waals surface area contributed by atoms with Crippen molar-refractivity contribution < 1.29 is 9.90 Å². The number of hydrogen-bond donors (Lipinski definition) is 3. The lowest BCUT2D eigenvalue weighted by atomic mass is 10.1. The summed E-state index contributed by atoms with van der Waals surface area (Å²) in [6.45, 7) is 3.72. The molecule has 0 bridgehead atoms. The minimum absolute atomic E-state index is 0.0102. The smallest absolute Gasteiger partial charge is 0.255 e. The second-order valence-corrected chi connectivity index (χ2v) is 6.00. The van der Waals surface area contributed by atoms with Crippen molar-refractivity contribution in [2.45, 2.75) is 19.4 Å². The molecule has 0 radical (unpaired) electrons. The fraction of sp³-hybridized carbons (Fsp3) is 0.250. The second kappa shape index (κ2) is 6.77. The van der Waals surface area contributed by atoms with E-state index >= 15 is 0 Å². The van der Waals surface area contributed by atoms with E-state index in [2.05, 4.69) is 15.6 Å². The van der Waals surface area contributed by atoms with Gasteiger partial charge < -0.3 is 15.7 Å². The van der Waals surface area contributed by atoms with Crippen LogP contribution in [0.3, 0.4) is 0 Å². The molecule has 0 atom stereocenters. The van der Waals surface area contributed by atoms with Gasteiger partial charge in [0.15, 0.2) is 0 Å². The average molecular weight is 320 g/mol. The van der Waals surface area contributed by atoms with E-state index in [1.807, 2.05) is 13.8 Å². The lowest BCUT2D eigenvalue weighted by Gasteiger charge is -2.24. The van der Waals surface area contributed by atoms with Gasteiger partial charge in [0.05, 0.1) is 24.0 Å². The molecule has 1 heterocycles.